The van der Waals surface area contributed by atoms with Gasteiger partial charge in [-0.15, -0.1) is 0 Å². The minimum absolute atomic E-state index is 0.0618. The van der Waals surface area contributed by atoms with E-state index in [0.717, 1.165) is 16.3 Å². The number of hydrogen-bond acceptors (Lipinski definition) is 4. The van der Waals surface area contributed by atoms with Gasteiger partial charge in [0.25, 0.3) is 10.0 Å². The second kappa shape index (κ2) is 13.4. The maximum atomic E-state index is 13.8. The standard InChI is InChI=1S/C29H34ClN3O4S/c1-4-18-31-29(35)23(3)32(19-17-24-11-7-5-8-12-24)28(34)21-33(27-16-15-25(30)20-22(27)2)38(36,37)26-13-9-6-10-14-26/h5-16,20,23H,4,17-19,21H2,1-3H3,(H,31,35). The Balaban J connectivity index is 1.98. The highest BCUT2D eigenvalue weighted by atomic mass is 35.5. The van der Waals surface area contributed by atoms with E-state index in [0.29, 0.717) is 29.2 Å². The minimum atomic E-state index is -4.10. The summed E-state index contributed by atoms with van der Waals surface area (Å²) in [6, 6.07) is 21.7. The molecule has 38 heavy (non-hydrogen) atoms. The van der Waals surface area contributed by atoms with Crippen LogP contribution in [0.3, 0.4) is 0 Å². The Hall–Kier alpha value is -3.36. The van der Waals surface area contributed by atoms with Gasteiger partial charge in [0.15, 0.2) is 0 Å². The molecule has 1 unspecified atom stereocenters. The molecular formula is C29H34ClN3O4S. The summed E-state index contributed by atoms with van der Waals surface area (Å²) in [5.41, 5.74) is 1.96. The van der Waals surface area contributed by atoms with E-state index >= 15 is 0 Å². The SMILES string of the molecule is CCCNC(=O)C(C)N(CCc1ccccc1)C(=O)CN(c1ccc(Cl)cc1C)S(=O)(=O)c1ccccc1. The summed E-state index contributed by atoms with van der Waals surface area (Å²) in [4.78, 5) is 28.2. The molecule has 0 aromatic heterocycles. The van der Waals surface area contributed by atoms with Crippen molar-refractivity contribution >= 4 is 39.1 Å². The Bertz CT molecular complexity index is 1330. The Labute approximate surface area is 230 Å². The van der Waals surface area contributed by atoms with Crippen molar-refractivity contribution in [1.82, 2.24) is 10.2 Å². The van der Waals surface area contributed by atoms with Crippen molar-refractivity contribution in [2.75, 3.05) is 23.9 Å². The normalized spacial score (nSPS) is 12.0. The van der Waals surface area contributed by atoms with Crippen LogP contribution in [0.1, 0.15) is 31.4 Å². The number of carbonyl (C=O) groups excluding carboxylic acids is 2. The van der Waals surface area contributed by atoms with Crippen LogP contribution in [0.5, 0.6) is 0 Å². The Kier molecular flexibility index (Phi) is 10.3. The third-order valence-corrected chi connectivity index (χ3v) is 8.25. The van der Waals surface area contributed by atoms with Gasteiger partial charge in [0, 0.05) is 18.1 Å². The number of amides is 2. The molecule has 3 rings (SSSR count). The maximum Gasteiger partial charge on any atom is 0.264 e. The lowest BCUT2D eigenvalue weighted by Crippen LogP contribution is -2.52. The van der Waals surface area contributed by atoms with Gasteiger partial charge < -0.3 is 10.2 Å². The number of hydrogen-bond donors (Lipinski definition) is 1. The van der Waals surface area contributed by atoms with Gasteiger partial charge in [0.2, 0.25) is 11.8 Å². The highest BCUT2D eigenvalue weighted by Crippen LogP contribution is 2.29. The van der Waals surface area contributed by atoms with Gasteiger partial charge in [0.1, 0.15) is 12.6 Å². The molecule has 0 saturated heterocycles. The van der Waals surface area contributed by atoms with Gasteiger partial charge in [-0.25, -0.2) is 8.42 Å². The number of rotatable bonds is 12. The molecule has 0 fully saturated rings. The first kappa shape index (κ1) is 29.2. The molecule has 7 nitrogen and oxygen atoms in total. The lowest BCUT2D eigenvalue weighted by Gasteiger charge is -2.32. The molecule has 0 aliphatic carbocycles. The molecule has 0 radical (unpaired) electrons. The van der Waals surface area contributed by atoms with E-state index in [9.17, 15) is 18.0 Å². The summed E-state index contributed by atoms with van der Waals surface area (Å²) in [6.07, 6.45) is 1.28. The van der Waals surface area contributed by atoms with Gasteiger partial charge in [0.05, 0.1) is 10.6 Å². The fraction of sp³-hybridized carbons (Fsp3) is 0.310. The highest BCUT2D eigenvalue weighted by Gasteiger charge is 2.32. The monoisotopic (exact) mass is 555 g/mol. The zero-order chi connectivity index (χ0) is 27.7. The highest BCUT2D eigenvalue weighted by molar-refractivity contribution is 7.92. The molecule has 1 atom stereocenters. The maximum absolute atomic E-state index is 13.8. The van der Waals surface area contributed by atoms with Crippen molar-refractivity contribution in [2.24, 2.45) is 0 Å². The van der Waals surface area contributed by atoms with E-state index in [1.807, 2.05) is 37.3 Å². The molecule has 202 valence electrons. The van der Waals surface area contributed by atoms with Crippen LogP contribution in [0.15, 0.2) is 83.8 Å². The first-order valence-electron chi connectivity index (χ1n) is 12.6. The molecule has 0 aliphatic rings. The van der Waals surface area contributed by atoms with Crippen molar-refractivity contribution in [1.29, 1.82) is 0 Å². The topological polar surface area (TPSA) is 86.8 Å². The smallest absolute Gasteiger partial charge is 0.264 e. The number of benzene rings is 3. The van der Waals surface area contributed by atoms with Crippen molar-refractivity contribution in [3.05, 3.63) is 95.0 Å². The van der Waals surface area contributed by atoms with Gasteiger partial charge in [-0.3, -0.25) is 13.9 Å². The van der Waals surface area contributed by atoms with Crippen LogP contribution in [-0.2, 0) is 26.0 Å². The summed E-state index contributed by atoms with van der Waals surface area (Å²) in [6.45, 7) is 5.62. The van der Waals surface area contributed by atoms with Crippen LogP contribution >= 0.6 is 11.6 Å². The molecule has 0 bridgehead atoms. The van der Waals surface area contributed by atoms with Crippen LogP contribution in [-0.4, -0.2) is 50.8 Å². The summed E-state index contributed by atoms with van der Waals surface area (Å²) in [5, 5.41) is 3.30. The number of sulfonamides is 1. The van der Waals surface area contributed by atoms with Crippen LogP contribution in [0.2, 0.25) is 5.02 Å². The number of aryl methyl sites for hydroxylation is 1. The van der Waals surface area contributed by atoms with Crippen LogP contribution in [0.25, 0.3) is 0 Å². The van der Waals surface area contributed by atoms with E-state index in [2.05, 4.69) is 5.32 Å². The fourth-order valence-electron chi connectivity index (χ4n) is 4.10. The van der Waals surface area contributed by atoms with E-state index in [1.165, 1.54) is 17.0 Å². The number of nitrogens with zero attached hydrogens (tertiary/aromatic N) is 2. The van der Waals surface area contributed by atoms with E-state index in [-0.39, 0.29) is 17.3 Å². The second-order valence-corrected chi connectivity index (χ2v) is 11.3. The first-order chi connectivity index (χ1) is 18.1. The van der Waals surface area contributed by atoms with Crippen LogP contribution in [0, 0.1) is 6.92 Å². The molecular weight excluding hydrogens is 522 g/mol. The Morgan fingerprint density at radius 3 is 2.21 bits per heavy atom. The molecule has 3 aromatic carbocycles. The van der Waals surface area contributed by atoms with Gasteiger partial charge in [-0.1, -0.05) is 67.1 Å². The lowest BCUT2D eigenvalue weighted by atomic mass is 10.1. The van der Waals surface area contributed by atoms with Crippen molar-refractivity contribution in [2.45, 2.75) is 44.6 Å². The van der Waals surface area contributed by atoms with Crippen LogP contribution < -0.4 is 9.62 Å². The molecule has 0 heterocycles. The third kappa shape index (κ3) is 7.36. The van der Waals surface area contributed by atoms with Crippen molar-refractivity contribution in [3.8, 4) is 0 Å². The average molecular weight is 556 g/mol. The summed E-state index contributed by atoms with van der Waals surface area (Å²) in [7, 11) is -4.10. The predicted octanol–water partition coefficient (Wildman–Crippen LogP) is 4.83. The van der Waals surface area contributed by atoms with E-state index < -0.39 is 28.5 Å². The Morgan fingerprint density at radius 2 is 1.61 bits per heavy atom. The molecule has 0 aliphatic heterocycles. The number of nitrogens with one attached hydrogen (secondary N) is 1. The molecule has 0 spiro atoms. The van der Waals surface area contributed by atoms with Gasteiger partial charge in [-0.05, 0) is 68.1 Å². The summed E-state index contributed by atoms with van der Waals surface area (Å²) >= 11 is 6.14. The predicted molar refractivity (Wildman–Crippen MR) is 152 cm³/mol. The molecule has 3 aromatic rings. The number of anilines is 1. The molecule has 2 amide bonds. The minimum Gasteiger partial charge on any atom is -0.354 e. The van der Waals surface area contributed by atoms with Crippen LogP contribution in [0.4, 0.5) is 5.69 Å². The third-order valence-electron chi connectivity index (χ3n) is 6.24. The summed E-state index contributed by atoms with van der Waals surface area (Å²) in [5.74, 6) is -0.762. The second-order valence-electron chi connectivity index (χ2n) is 9.05. The van der Waals surface area contributed by atoms with E-state index in [4.69, 9.17) is 11.6 Å². The van der Waals surface area contributed by atoms with Gasteiger partial charge >= 0.3 is 0 Å². The quantitative estimate of drug-likeness (QED) is 0.347. The summed E-state index contributed by atoms with van der Waals surface area (Å²) < 4.78 is 28.7. The van der Waals surface area contributed by atoms with Gasteiger partial charge in [-0.2, -0.15) is 0 Å². The largest absolute Gasteiger partial charge is 0.354 e. The zero-order valence-electron chi connectivity index (χ0n) is 21.9. The van der Waals surface area contributed by atoms with Crippen molar-refractivity contribution in [3.63, 3.8) is 0 Å². The Morgan fingerprint density at radius 1 is 0.974 bits per heavy atom. The first-order valence-corrected chi connectivity index (χ1v) is 14.4. The molecule has 0 saturated carbocycles. The molecule has 1 N–H and O–H groups in total. The average Bonchev–Trinajstić information content (AvgIpc) is 2.91. The van der Waals surface area contributed by atoms with Crippen molar-refractivity contribution < 1.29 is 18.0 Å². The molecule has 9 heteroatoms. The number of halogens is 1. The van der Waals surface area contributed by atoms with E-state index in [1.54, 1.807) is 50.2 Å². The fourth-order valence-corrected chi connectivity index (χ4v) is 5.82. The lowest BCUT2D eigenvalue weighted by molar-refractivity contribution is -0.138. The zero-order valence-corrected chi connectivity index (χ0v) is 23.5. The number of carbonyl (C=O) groups is 2.